The standard InChI is InChI=1S/C16H21N3S/c1-10-8-11(2)14(12(3)9-10)19-7-5-6-13-15(19)17-18(4)16(13)20/h8-9,20H,5-7H2,1-4H3. The average Bonchev–Trinajstić information content (AvgIpc) is 2.66. The van der Waals surface area contributed by atoms with E-state index in [0.29, 0.717) is 0 Å². The van der Waals surface area contributed by atoms with Crippen LogP contribution in [-0.2, 0) is 13.5 Å². The summed E-state index contributed by atoms with van der Waals surface area (Å²) in [6, 6.07) is 4.50. The lowest BCUT2D eigenvalue weighted by atomic mass is 10.0. The van der Waals surface area contributed by atoms with Gasteiger partial charge in [0.15, 0.2) is 5.82 Å². The first-order valence-corrected chi connectivity index (χ1v) is 7.54. The van der Waals surface area contributed by atoms with Crippen LogP contribution in [0, 0.1) is 20.8 Å². The molecule has 2 heterocycles. The fourth-order valence-electron chi connectivity index (χ4n) is 3.32. The van der Waals surface area contributed by atoms with Crippen molar-refractivity contribution < 1.29 is 0 Å². The first-order chi connectivity index (χ1) is 9.49. The maximum atomic E-state index is 4.68. The summed E-state index contributed by atoms with van der Waals surface area (Å²) in [5.74, 6) is 1.08. The Balaban J connectivity index is 2.16. The van der Waals surface area contributed by atoms with Gasteiger partial charge >= 0.3 is 0 Å². The van der Waals surface area contributed by atoms with Crippen LogP contribution in [0.3, 0.4) is 0 Å². The van der Waals surface area contributed by atoms with Crippen LogP contribution >= 0.6 is 12.6 Å². The van der Waals surface area contributed by atoms with Crippen LogP contribution in [0.15, 0.2) is 17.2 Å². The lowest BCUT2D eigenvalue weighted by Gasteiger charge is -2.30. The predicted molar refractivity (Wildman–Crippen MR) is 86.4 cm³/mol. The van der Waals surface area contributed by atoms with Gasteiger partial charge in [-0.2, -0.15) is 5.10 Å². The number of nitrogens with zero attached hydrogens (tertiary/aromatic N) is 3. The lowest BCUT2D eigenvalue weighted by Crippen LogP contribution is -2.26. The number of aromatic nitrogens is 2. The third kappa shape index (κ3) is 2.03. The first-order valence-electron chi connectivity index (χ1n) is 7.09. The maximum absolute atomic E-state index is 4.68. The number of fused-ring (bicyclic) bond motifs is 1. The molecule has 0 unspecified atom stereocenters. The van der Waals surface area contributed by atoms with Crippen LogP contribution in [0.4, 0.5) is 11.5 Å². The van der Waals surface area contributed by atoms with Gasteiger partial charge in [-0.1, -0.05) is 17.7 Å². The van der Waals surface area contributed by atoms with Crippen LogP contribution in [-0.4, -0.2) is 16.3 Å². The summed E-state index contributed by atoms with van der Waals surface area (Å²) in [5.41, 5.74) is 6.55. The van der Waals surface area contributed by atoms with E-state index in [4.69, 9.17) is 0 Å². The zero-order valence-corrected chi connectivity index (χ0v) is 13.5. The van der Waals surface area contributed by atoms with Gasteiger partial charge in [0.1, 0.15) is 0 Å². The Morgan fingerprint density at radius 3 is 2.45 bits per heavy atom. The molecule has 1 aromatic carbocycles. The highest BCUT2D eigenvalue weighted by atomic mass is 32.1. The van der Waals surface area contributed by atoms with Gasteiger partial charge in [0.05, 0.1) is 5.03 Å². The van der Waals surface area contributed by atoms with Crippen molar-refractivity contribution in [2.45, 2.75) is 38.6 Å². The summed E-state index contributed by atoms with van der Waals surface area (Å²) in [5, 5.41) is 5.67. The zero-order valence-electron chi connectivity index (χ0n) is 12.6. The summed E-state index contributed by atoms with van der Waals surface area (Å²) >= 11 is 4.60. The molecule has 0 aliphatic carbocycles. The monoisotopic (exact) mass is 287 g/mol. The van der Waals surface area contributed by atoms with Crippen LogP contribution in [0.1, 0.15) is 28.7 Å². The van der Waals surface area contributed by atoms with E-state index >= 15 is 0 Å². The molecule has 0 atom stereocenters. The Kier molecular flexibility index (Phi) is 3.28. The van der Waals surface area contributed by atoms with Gasteiger partial charge in [0.25, 0.3) is 0 Å². The van der Waals surface area contributed by atoms with Crippen molar-refractivity contribution in [3.63, 3.8) is 0 Å². The highest BCUT2D eigenvalue weighted by Crippen LogP contribution is 2.38. The number of rotatable bonds is 1. The second-order valence-corrected chi connectivity index (χ2v) is 6.18. The van der Waals surface area contributed by atoms with E-state index in [1.807, 2.05) is 11.7 Å². The molecule has 1 aliphatic heterocycles. The van der Waals surface area contributed by atoms with E-state index in [2.05, 4.69) is 55.5 Å². The molecule has 1 aromatic heterocycles. The van der Waals surface area contributed by atoms with E-state index in [1.165, 1.54) is 27.9 Å². The molecule has 0 radical (unpaired) electrons. The molecule has 3 rings (SSSR count). The number of hydrogen-bond acceptors (Lipinski definition) is 3. The third-order valence-corrected chi connectivity index (χ3v) is 4.62. The molecule has 0 amide bonds. The minimum Gasteiger partial charge on any atom is -0.324 e. The Hall–Kier alpha value is -1.42. The number of thiol groups is 1. The molecule has 3 nitrogen and oxygen atoms in total. The largest absolute Gasteiger partial charge is 0.324 e. The highest BCUT2D eigenvalue weighted by Gasteiger charge is 2.26. The molecular formula is C16H21N3S. The van der Waals surface area contributed by atoms with Gasteiger partial charge in [0, 0.05) is 24.8 Å². The Bertz CT molecular complexity index is 650. The minimum absolute atomic E-state index is 0.993. The summed E-state index contributed by atoms with van der Waals surface area (Å²) in [4.78, 5) is 2.36. The van der Waals surface area contributed by atoms with E-state index in [1.54, 1.807) is 0 Å². The molecule has 4 heteroatoms. The number of benzene rings is 1. The zero-order chi connectivity index (χ0) is 14.4. The summed E-state index contributed by atoms with van der Waals surface area (Å²) in [7, 11) is 1.97. The summed E-state index contributed by atoms with van der Waals surface area (Å²) < 4.78 is 1.88. The SMILES string of the molecule is Cc1cc(C)c(N2CCCc3c2nn(C)c3S)c(C)c1. The highest BCUT2D eigenvalue weighted by molar-refractivity contribution is 7.80. The van der Waals surface area contributed by atoms with Crippen molar-refractivity contribution in [1.29, 1.82) is 0 Å². The van der Waals surface area contributed by atoms with Crippen molar-refractivity contribution in [2.24, 2.45) is 7.05 Å². The van der Waals surface area contributed by atoms with Crippen LogP contribution in [0.25, 0.3) is 0 Å². The molecule has 20 heavy (non-hydrogen) atoms. The quantitative estimate of drug-likeness (QED) is 0.807. The van der Waals surface area contributed by atoms with Crippen LogP contribution in [0.2, 0.25) is 0 Å². The van der Waals surface area contributed by atoms with Gasteiger partial charge in [-0.05, 0) is 44.7 Å². The van der Waals surface area contributed by atoms with Gasteiger partial charge in [-0.3, -0.25) is 4.68 Å². The third-order valence-electron chi connectivity index (χ3n) is 4.06. The van der Waals surface area contributed by atoms with Crippen molar-refractivity contribution in [2.75, 3.05) is 11.4 Å². The molecule has 0 bridgehead atoms. The topological polar surface area (TPSA) is 21.1 Å². The van der Waals surface area contributed by atoms with Crippen molar-refractivity contribution >= 4 is 24.1 Å². The van der Waals surface area contributed by atoms with E-state index in [9.17, 15) is 0 Å². The maximum Gasteiger partial charge on any atom is 0.159 e. The van der Waals surface area contributed by atoms with E-state index < -0.39 is 0 Å². The Morgan fingerprint density at radius 2 is 1.80 bits per heavy atom. The van der Waals surface area contributed by atoms with Gasteiger partial charge in [-0.15, -0.1) is 12.6 Å². The summed E-state index contributed by atoms with van der Waals surface area (Å²) in [6.45, 7) is 7.56. The minimum atomic E-state index is 0.993. The molecule has 0 fully saturated rings. The van der Waals surface area contributed by atoms with Crippen LogP contribution in [0.5, 0.6) is 0 Å². The molecule has 0 saturated carbocycles. The number of hydrogen-bond donors (Lipinski definition) is 1. The van der Waals surface area contributed by atoms with Crippen LogP contribution < -0.4 is 4.90 Å². The van der Waals surface area contributed by atoms with E-state index in [0.717, 1.165) is 30.2 Å². The Morgan fingerprint density at radius 1 is 1.15 bits per heavy atom. The number of anilines is 2. The fourth-order valence-corrected chi connectivity index (χ4v) is 3.58. The van der Waals surface area contributed by atoms with Crippen molar-refractivity contribution in [3.8, 4) is 0 Å². The number of aryl methyl sites for hydroxylation is 4. The van der Waals surface area contributed by atoms with Crippen molar-refractivity contribution in [3.05, 3.63) is 34.4 Å². The molecule has 2 aromatic rings. The molecular weight excluding hydrogens is 266 g/mol. The normalized spacial score (nSPS) is 14.6. The molecule has 0 spiro atoms. The van der Waals surface area contributed by atoms with Crippen molar-refractivity contribution in [1.82, 2.24) is 9.78 Å². The van der Waals surface area contributed by atoms with Gasteiger partial charge in [0.2, 0.25) is 0 Å². The van der Waals surface area contributed by atoms with E-state index in [-0.39, 0.29) is 0 Å². The summed E-state index contributed by atoms with van der Waals surface area (Å²) in [6.07, 6.45) is 2.22. The molecule has 0 saturated heterocycles. The molecule has 106 valence electrons. The Labute approximate surface area is 126 Å². The van der Waals surface area contributed by atoms with Gasteiger partial charge < -0.3 is 4.90 Å². The molecule has 0 N–H and O–H groups in total. The second-order valence-electron chi connectivity index (χ2n) is 5.75. The smallest absolute Gasteiger partial charge is 0.159 e. The second kappa shape index (κ2) is 4.85. The predicted octanol–water partition coefficient (Wildman–Crippen LogP) is 3.72. The first kappa shape index (κ1) is 13.6. The van der Waals surface area contributed by atoms with Gasteiger partial charge in [-0.25, -0.2) is 0 Å². The average molecular weight is 287 g/mol. The lowest BCUT2D eigenvalue weighted by molar-refractivity contribution is 0.697. The fraction of sp³-hybridized carbons (Fsp3) is 0.438. The molecule has 1 aliphatic rings.